The fourth-order valence-electron chi connectivity index (χ4n) is 3.66. The Balaban J connectivity index is 1.63. The molecule has 2 aromatic rings. The Morgan fingerprint density at radius 3 is 2.24 bits per heavy atom. The molecule has 2 aliphatic heterocycles. The molecule has 1 aromatic carbocycles. The molecule has 1 aromatic heterocycles. The van der Waals surface area contributed by atoms with Crippen LogP contribution in [0.5, 0.6) is 0 Å². The molecule has 11 heteroatoms. The molecular formula is C18H16N4O6S. The summed E-state index contributed by atoms with van der Waals surface area (Å²) in [7, 11) is 0. The van der Waals surface area contributed by atoms with Crippen LogP contribution < -0.4 is 5.32 Å². The van der Waals surface area contributed by atoms with Crippen LogP contribution in [0, 0.1) is 0 Å². The van der Waals surface area contributed by atoms with Crippen molar-refractivity contribution in [3.05, 3.63) is 35.7 Å². The number of fused-ring (bicyclic) bond motifs is 2. The van der Waals surface area contributed by atoms with Crippen molar-refractivity contribution in [1.82, 2.24) is 20.2 Å². The minimum atomic E-state index is -1.42. The first-order valence-corrected chi connectivity index (χ1v) is 9.53. The van der Waals surface area contributed by atoms with E-state index in [1.54, 1.807) is 38.1 Å². The average molecular weight is 416 g/mol. The monoisotopic (exact) mass is 416 g/mol. The zero-order valence-corrected chi connectivity index (χ0v) is 16.1. The van der Waals surface area contributed by atoms with Gasteiger partial charge in [-0.3, -0.25) is 9.59 Å². The summed E-state index contributed by atoms with van der Waals surface area (Å²) in [6, 6.07) is 4.54. The molecule has 3 N–H and O–H groups in total. The normalized spacial score (nSPS) is 24.7. The lowest BCUT2D eigenvalue weighted by molar-refractivity contribution is -0.159. The molecule has 0 saturated carbocycles. The van der Waals surface area contributed by atoms with Gasteiger partial charge in [-0.15, -0.1) is 11.8 Å². The summed E-state index contributed by atoms with van der Waals surface area (Å²) in [6.07, 6.45) is 0. The number of thioether (sulfide) groups is 1. The molecule has 2 aliphatic rings. The number of hydrogen-bond donors (Lipinski definition) is 3. The van der Waals surface area contributed by atoms with E-state index >= 15 is 0 Å². The smallest absolute Gasteiger partial charge is 0.357 e. The number of carboxylic acid groups (broad SMARTS) is 2. The van der Waals surface area contributed by atoms with Gasteiger partial charge in [-0.2, -0.15) is 0 Å². The summed E-state index contributed by atoms with van der Waals surface area (Å²) in [5.74, 6) is -3.91. The number of amides is 2. The van der Waals surface area contributed by atoms with E-state index in [-0.39, 0.29) is 0 Å². The Morgan fingerprint density at radius 1 is 1.10 bits per heavy atom. The lowest BCUT2D eigenvalue weighted by Gasteiger charge is -2.43. The van der Waals surface area contributed by atoms with Crippen molar-refractivity contribution in [2.45, 2.75) is 36.1 Å². The Hall–Kier alpha value is -3.21. The number of aromatic carboxylic acids is 1. The van der Waals surface area contributed by atoms with Crippen molar-refractivity contribution in [3.63, 3.8) is 0 Å². The minimum Gasteiger partial charge on any atom is -0.480 e. The summed E-state index contributed by atoms with van der Waals surface area (Å²) in [5.41, 5.74) is -0.261. The van der Waals surface area contributed by atoms with Gasteiger partial charge in [0.05, 0.1) is 11.0 Å². The molecule has 150 valence electrons. The topological polar surface area (TPSA) is 150 Å². The third kappa shape index (κ3) is 2.89. The van der Waals surface area contributed by atoms with Gasteiger partial charge in [0.1, 0.15) is 17.5 Å². The second-order valence-electron chi connectivity index (χ2n) is 7.26. The van der Waals surface area contributed by atoms with Crippen molar-refractivity contribution >= 4 is 46.5 Å². The molecule has 0 unspecified atom stereocenters. The summed E-state index contributed by atoms with van der Waals surface area (Å²) in [6.45, 7) is 3.44. The first-order chi connectivity index (χ1) is 13.6. The van der Waals surface area contributed by atoms with E-state index in [0.29, 0.717) is 11.0 Å². The summed E-state index contributed by atoms with van der Waals surface area (Å²) in [5, 5.41) is 20.8. The fraction of sp³-hybridized carbons (Fsp3) is 0.333. The predicted octanol–water partition coefficient (Wildman–Crippen LogP) is 0.573. The lowest BCUT2D eigenvalue weighted by Crippen LogP contribution is -2.70. The SMILES string of the molecule is CC1(C)S[C@@H]2[C@H](NC(=O)c3nc4ccccc4nc3C(=O)O)C(=O)N2[C@H]1C(=O)O. The zero-order chi connectivity index (χ0) is 21.1. The number of rotatable bonds is 4. The molecule has 10 nitrogen and oxygen atoms in total. The van der Waals surface area contributed by atoms with E-state index in [9.17, 15) is 29.4 Å². The number of β-lactam (4-membered cyclic amide) rings is 1. The highest BCUT2D eigenvalue weighted by Crippen LogP contribution is 2.50. The molecular weight excluding hydrogens is 400 g/mol. The van der Waals surface area contributed by atoms with Crippen LogP contribution in [-0.4, -0.2) is 71.0 Å². The summed E-state index contributed by atoms with van der Waals surface area (Å²) < 4.78 is -0.735. The van der Waals surface area contributed by atoms with Gasteiger partial charge in [0, 0.05) is 4.75 Å². The number of benzene rings is 1. The van der Waals surface area contributed by atoms with Crippen molar-refractivity contribution in [1.29, 1.82) is 0 Å². The third-order valence-electron chi connectivity index (χ3n) is 4.95. The fourth-order valence-corrected chi connectivity index (χ4v) is 5.29. The standard InChI is InChI=1S/C18H16N4O6S/c1-18(2)12(17(27)28)22-14(24)11(15(22)29-18)21-13(23)9-10(16(25)26)20-8-6-4-3-5-7(8)19-9/h3-6,11-12,15H,1-2H3,(H,21,23)(H,25,26)(H,27,28)/t11-,12+,15-/m1/s1. The Kier molecular flexibility index (Phi) is 4.23. The van der Waals surface area contributed by atoms with Crippen LogP contribution in [0.25, 0.3) is 11.0 Å². The highest BCUT2D eigenvalue weighted by molar-refractivity contribution is 8.01. The molecule has 0 spiro atoms. The van der Waals surface area contributed by atoms with Crippen LogP contribution in [-0.2, 0) is 9.59 Å². The number of nitrogens with one attached hydrogen (secondary N) is 1. The molecule has 2 fully saturated rings. The highest BCUT2D eigenvalue weighted by Gasteiger charge is 2.64. The Bertz CT molecular complexity index is 1090. The Morgan fingerprint density at radius 2 is 1.69 bits per heavy atom. The van der Waals surface area contributed by atoms with E-state index in [1.807, 2.05) is 0 Å². The number of aliphatic carboxylic acids is 1. The van der Waals surface area contributed by atoms with Crippen LogP contribution in [0.15, 0.2) is 24.3 Å². The van der Waals surface area contributed by atoms with Gasteiger partial charge < -0.3 is 20.4 Å². The number of para-hydroxylation sites is 2. The van der Waals surface area contributed by atoms with Gasteiger partial charge in [-0.25, -0.2) is 19.6 Å². The predicted molar refractivity (Wildman–Crippen MR) is 101 cm³/mol. The molecule has 4 rings (SSSR count). The van der Waals surface area contributed by atoms with Gasteiger partial charge in [-0.1, -0.05) is 12.1 Å². The number of nitrogens with zero attached hydrogens (tertiary/aromatic N) is 3. The molecule has 2 saturated heterocycles. The maximum absolute atomic E-state index is 12.8. The molecule has 3 atom stereocenters. The summed E-state index contributed by atoms with van der Waals surface area (Å²) >= 11 is 1.27. The number of hydrogen-bond acceptors (Lipinski definition) is 7. The summed E-state index contributed by atoms with van der Waals surface area (Å²) in [4.78, 5) is 57.7. The molecule has 29 heavy (non-hydrogen) atoms. The van der Waals surface area contributed by atoms with Gasteiger partial charge in [0.25, 0.3) is 5.91 Å². The van der Waals surface area contributed by atoms with Crippen LogP contribution in [0.1, 0.15) is 34.8 Å². The maximum atomic E-state index is 12.8. The first kappa shape index (κ1) is 19.1. The third-order valence-corrected chi connectivity index (χ3v) is 6.52. The van der Waals surface area contributed by atoms with Crippen LogP contribution in [0.4, 0.5) is 0 Å². The van der Waals surface area contributed by atoms with E-state index in [2.05, 4.69) is 15.3 Å². The number of aromatic nitrogens is 2. The van der Waals surface area contributed by atoms with E-state index in [0.717, 1.165) is 0 Å². The van der Waals surface area contributed by atoms with Gasteiger partial charge in [-0.05, 0) is 26.0 Å². The van der Waals surface area contributed by atoms with Crippen molar-refractivity contribution < 1.29 is 29.4 Å². The number of carboxylic acids is 2. The second kappa shape index (κ2) is 6.41. The first-order valence-electron chi connectivity index (χ1n) is 8.65. The van der Waals surface area contributed by atoms with E-state index in [4.69, 9.17) is 0 Å². The molecule has 2 amide bonds. The minimum absolute atomic E-state index is 0.324. The lowest BCUT2D eigenvalue weighted by atomic mass is 9.96. The largest absolute Gasteiger partial charge is 0.480 e. The van der Waals surface area contributed by atoms with E-state index in [1.165, 1.54) is 16.7 Å². The maximum Gasteiger partial charge on any atom is 0.357 e. The molecule has 0 aliphatic carbocycles. The number of carbonyl (C=O) groups excluding carboxylic acids is 2. The number of carbonyl (C=O) groups is 4. The van der Waals surface area contributed by atoms with Gasteiger partial charge in [0.15, 0.2) is 11.4 Å². The quantitative estimate of drug-likeness (QED) is 0.608. The zero-order valence-electron chi connectivity index (χ0n) is 15.3. The second-order valence-corrected chi connectivity index (χ2v) is 9.03. The highest BCUT2D eigenvalue weighted by atomic mass is 32.2. The van der Waals surface area contributed by atoms with Crippen molar-refractivity contribution in [2.75, 3.05) is 0 Å². The van der Waals surface area contributed by atoms with E-state index < -0.39 is 57.3 Å². The Labute approximate surface area is 168 Å². The van der Waals surface area contributed by atoms with Gasteiger partial charge in [0.2, 0.25) is 5.91 Å². The molecule has 0 bridgehead atoms. The van der Waals surface area contributed by atoms with Gasteiger partial charge >= 0.3 is 11.9 Å². The van der Waals surface area contributed by atoms with Crippen LogP contribution in [0.2, 0.25) is 0 Å². The molecule has 3 heterocycles. The van der Waals surface area contributed by atoms with Crippen molar-refractivity contribution in [2.24, 2.45) is 0 Å². The van der Waals surface area contributed by atoms with Crippen LogP contribution in [0.3, 0.4) is 0 Å². The van der Waals surface area contributed by atoms with Crippen LogP contribution >= 0.6 is 11.8 Å². The average Bonchev–Trinajstić information content (AvgIpc) is 2.92. The molecule has 0 radical (unpaired) electrons. The van der Waals surface area contributed by atoms with Crippen molar-refractivity contribution in [3.8, 4) is 0 Å².